The van der Waals surface area contributed by atoms with Crippen molar-refractivity contribution in [1.29, 1.82) is 0 Å². The van der Waals surface area contributed by atoms with Gasteiger partial charge in [0.2, 0.25) is 0 Å². The first-order valence-electron chi connectivity index (χ1n) is 10.3. The third-order valence-corrected chi connectivity index (χ3v) is 7.20. The summed E-state index contributed by atoms with van der Waals surface area (Å²) in [7, 11) is -3.58. The van der Waals surface area contributed by atoms with E-state index in [0.29, 0.717) is 16.6 Å². The van der Waals surface area contributed by atoms with Crippen molar-refractivity contribution >= 4 is 21.4 Å². The van der Waals surface area contributed by atoms with E-state index in [4.69, 9.17) is 0 Å². The van der Waals surface area contributed by atoms with E-state index >= 15 is 0 Å². The average Bonchev–Trinajstić information content (AvgIpc) is 3.23. The van der Waals surface area contributed by atoms with E-state index in [1.165, 1.54) is 24.0 Å². The van der Waals surface area contributed by atoms with Gasteiger partial charge in [0.05, 0.1) is 4.90 Å². The second-order valence-electron chi connectivity index (χ2n) is 7.77. The molecular weight excluding hydrogens is 370 g/mol. The van der Waals surface area contributed by atoms with Crippen molar-refractivity contribution in [3.63, 3.8) is 0 Å². The summed E-state index contributed by atoms with van der Waals surface area (Å²) in [5, 5.41) is 3.51. The van der Waals surface area contributed by atoms with Crippen LogP contribution >= 0.6 is 0 Å². The highest BCUT2D eigenvalue weighted by atomic mass is 32.2. The second kappa shape index (κ2) is 8.13. The van der Waals surface area contributed by atoms with Crippen LogP contribution in [0.15, 0.2) is 47.4 Å². The van der Waals surface area contributed by atoms with Gasteiger partial charge >= 0.3 is 0 Å². The number of hydrogen-bond donors (Lipinski definition) is 2. The molecule has 1 aliphatic carbocycles. The molecule has 0 bridgehead atoms. The van der Waals surface area contributed by atoms with Crippen LogP contribution in [0.5, 0.6) is 0 Å². The van der Waals surface area contributed by atoms with Crippen LogP contribution in [-0.2, 0) is 22.9 Å². The zero-order valence-electron chi connectivity index (χ0n) is 16.4. The van der Waals surface area contributed by atoms with Crippen molar-refractivity contribution in [1.82, 2.24) is 5.32 Å². The maximum absolute atomic E-state index is 12.8. The van der Waals surface area contributed by atoms with Crippen LogP contribution in [0.4, 0.5) is 11.4 Å². The van der Waals surface area contributed by atoms with Crippen LogP contribution in [0.3, 0.4) is 0 Å². The SMILES string of the molecule is CCNC1CCc2cc(NS(=O)(=O)c3ccc(N4CCCC4)cc3)ccc2C1. The van der Waals surface area contributed by atoms with Crippen molar-refractivity contribution in [2.45, 2.75) is 50.0 Å². The molecule has 0 radical (unpaired) electrons. The number of hydrogen-bond acceptors (Lipinski definition) is 4. The fourth-order valence-corrected chi connectivity index (χ4v) is 5.36. The summed E-state index contributed by atoms with van der Waals surface area (Å²) in [6.07, 6.45) is 5.49. The molecule has 5 nitrogen and oxygen atoms in total. The highest BCUT2D eigenvalue weighted by Crippen LogP contribution is 2.27. The fourth-order valence-electron chi connectivity index (χ4n) is 4.31. The van der Waals surface area contributed by atoms with Crippen LogP contribution < -0.4 is 14.9 Å². The minimum atomic E-state index is -3.58. The predicted molar refractivity (Wildman–Crippen MR) is 115 cm³/mol. The van der Waals surface area contributed by atoms with Gasteiger partial charge in [-0.2, -0.15) is 0 Å². The quantitative estimate of drug-likeness (QED) is 0.780. The standard InChI is InChI=1S/C22H29N3O2S/c1-2-23-19-7-5-18-16-20(8-6-17(18)15-19)24-28(26,27)22-11-9-21(10-12-22)25-13-3-4-14-25/h6,8-12,16,19,23-24H,2-5,7,13-15H2,1H3. The third-order valence-electron chi connectivity index (χ3n) is 5.80. The number of benzene rings is 2. The molecular formula is C22H29N3O2S. The lowest BCUT2D eigenvalue weighted by Gasteiger charge is -2.25. The number of rotatable bonds is 6. The van der Waals surface area contributed by atoms with Gasteiger partial charge in [0.25, 0.3) is 10.0 Å². The summed E-state index contributed by atoms with van der Waals surface area (Å²) < 4.78 is 28.4. The molecule has 0 aromatic heterocycles. The lowest BCUT2D eigenvalue weighted by Crippen LogP contribution is -2.34. The van der Waals surface area contributed by atoms with Crippen molar-refractivity contribution < 1.29 is 8.42 Å². The number of nitrogens with one attached hydrogen (secondary N) is 2. The molecule has 1 atom stereocenters. The van der Waals surface area contributed by atoms with E-state index in [1.54, 1.807) is 12.1 Å². The Kier molecular flexibility index (Phi) is 5.60. The maximum Gasteiger partial charge on any atom is 0.261 e. The molecule has 1 aliphatic heterocycles. The minimum Gasteiger partial charge on any atom is -0.372 e. The molecule has 0 amide bonds. The fraction of sp³-hybridized carbons (Fsp3) is 0.455. The molecule has 6 heteroatoms. The van der Waals surface area contributed by atoms with E-state index < -0.39 is 10.0 Å². The van der Waals surface area contributed by atoms with Crippen LogP contribution in [0.2, 0.25) is 0 Å². The molecule has 4 rings (SSSR count). The van der Waals surface area contributed by atoms with Gasteiger partial charge in [0.15, 0.2) is 0 Å². The Morgan fingerprint density at radius 1 is 1.04 bits per heavy atom. The van der Waals surface area contributed by atoms with Gasteiger partial charge in [-0.15, -0.1) is 0 Å². The predicted octanol–water partition coefficient (Wildman–Crippen LogP) is 3.55. The highest BCUT2D eigenvalue weighted by Gasteiger charge is 2.20. The van der Waals surface area contributed by atoms with Gasteiger partial charge in [-0.25, -0.2) is 8.42 Å². The number of likely N-dealkylation sites (N-methyl/N-ethyl adjacent to an activating group) is 1. The Bertz CT molecular complexity index is 919. The van der Waals surface area contributed by atoms with Gasteiger partial charge in [-0.3, -0.25) is 4.72 Å². The summed E-state index contributed by atoms with van der Waals surface area (Å²) >= 11 is 0. The van der Waals surface area contributed by atoms with Crippen LogP contribution in [0.25, 0.3) is 0 Å². The molecule has 2 aromatic carbocycles. The lowest BCUT2D eigenvalue weighted by molar-refractivity contribution is 0.471. The largest absolute Gasteiger partial charge is 0.372 e. The average molecular weight is 400 g/mol. The monoisotopic (exact) mass is 399 g/mol. The molecule has 28 heavy (non-hydrogen) atoms. The van der Waals surface area contributed by atoms with Crippen LogP contribution in [-0.4, -0.2) is 34.1 Å². The number of aryl methyl sites for hydroxylation is 1. The van der Waals surface area contributed by atoms with Gasteiger partial charge in [0, 0.05) is 30.5 Å². The molecule has 1 unspecified atom stereocenters. The first-order chi connectivity index (χ1) is 13.5. The second-order valence-corrected chi connectivity index (χ2v) is 9.46. The Hall–Kier alpha value is -2.05. The first-order valence-corrected chi connectivity index (χ1v) is 11.8. The first kappa shape index (κ1) is 19.3. The number of sulfonamides is 1. The van der Waals surface area contributed by atoms with Crippen molar-refractivity contribution in [2.24, 2.45) is 0 Å². The summed E-state index contributed by atoms with van der Waals surface area (Å²) in [6.45, 7) is 5.21. The van der Waals surface area contributed by atoms with Crippen molar-refractivity contribution in [2.75, 3.05) is 29.3 Å². The van der Waals surface area contributed by atoms with Crippen LogP contribution in [0, 0.1) is 0 Å². The minimum absolute atomic E-state index is 0.306. The molecule has 2 aromatic rings. The lowest BCUT2D eigenvalue weighted by atomic mass is 9.88. The summed E-state index contributed by atoms with van der Waals surface area (Å²) in [5.41, 5.74) is 4.30. The summed E-state index contributed by atoms with van der Waals surface area (Å²) in [4.78, 5) is 2.61. The molecule has 2 aliphatic rings. The summed E-state index contributed by atoms with van der Waals surface area (Å²) in [5.74, 6) is 0. The molecule has 0 saturated carbocycles. The van der Waals surface area contributed by atoms with Crippen molar-refractivity contribution in [3.8, 4) is 0 Å². The van der Waals surface area contributed by atoms with E-state index in [9.17, 15) is 8.42 Å². The smallest absolute Gasteiger partial charge is 0.261 e. The zero-order valence-corrected chi connectivity index (χ0v) is 17.3. The van der Waals surface area contributed by atoms with Gasteiger partial charge < -0.3 is 10.2 Å². The third kappa shape index (κ3) is 4.18. The Balaban J connectivity index is 1.47. The van der Waals surface area contributed by atoms with E-state index in [2.05, 4.69) is 27.9 Å². The van der Waals surface area contributed by atoms with E-state index in [1.807, 2.05) is 24.3 Å². The number of anilines is 2. The molecule has 0 spiro atoms. The summed E-state index contributed by atoms with van der Waals surface area (Å²) in [6, 6.07) is 13.7. The van der Waals surface area contributed by atoms with Crippen molar-refractivity contribution in [3.05, 3.63) is 53.6 Å². The molecule has 150 valence electrons. The normalized spacial score (nSPS) is 19.5. The Labute approximate surface area is 168 Å². The number of fused-ring (bicyclic) bond motifs is 1. The van der Waals surface area contributed by atoms with E-state index in [-0.39, 0.29) is 0 Å². The molecule has 1 saturated heterocycles. The highest BCUT2D eigenvalue weighted by molar-refractivity contribution is 7.92. The van der Waals surface area contributed by atoms with Crippen LogP contribution in [0.1, 0.15) is 37.3 Å². The molecule has 1 fully saturated rings. The molecule has 1 heterocycles. The molecule has 2 N–H and O–H groups in total. The van der Waals surface area contributed by atoms with Gasteiger partial charge in [0.1, 0.15) is 0 Å². The maximum atomic E-state index is 12.8. The van der Waals surface area contributed by atoms with Gasteiger partial charge in [-0.1, -0.05) is 13.0 Å². The Morgan fingerprint density at radius 3 is 2.50 bits per heavy atom. The van der Waals surface area contributed by atoms with E-state index in [0.717, 1.165) is 44.6 Å². The number of nitrogens with zero attached hydrogens (tertiary/aromatic N) is 1. The zero-order chi connectivity index (χ0) is 19.6. The Morgan fingerprint density at radius 2 is 1.79 bits per heavy atom. The topological polar surface area (TPSA) is 61.4 Å². The van der Waals surface area contributed by atoms with Gasteiger partial charge in [-0.05, 0) is 86.2 Å².